The molecule has 2 unspecified atom stereocenters. The van der Waals surface area contributed by atoms with E-state index in [0.29, 0.717) is 0 Å². The van der Waals surface area contributed by atoms with Gasteiger partial charge in [0.05, 0.1) is 6.04 Å². The third-order valence-corrected chi connectivity index (χ3v) is 3.56. The van der Waals surface area contributed by atoms with Gasteiger partial charge in [-0.15, -0.1) is 0 Å². The molecule has 2 aliphatic rings. The molecule has 96 valence electrons. The van der Waals surface area contributed by atoms with Gasteiger partial charge in [-0.05, 0) is 32.2 Å². The Labute approximate surface area is 102 Å². The van der Waals surface area contributed by atoms with Crippen LogP contribution in [-0.4, -0.2) is 48.4 Å². The van der Waals surface area contributed by atoms with Crippen LogP contribution in [-0.2, 0) is 9.59 Å². The van der Waals surface area contributed by atoms with E-state index in [1.165, 1.54) is 0 Å². The molecule has 0 saturated carbocycles. The molecule has 0 aromatic heterocycles. The summed E-state index contributed by atoms with van der Waals surface area (Å²) in [6, 6.07) is -0.332. The van der Waals surface area contributed by atoms with Crippen LogP contribution < -0.4 is 10.6 Å². The summed E-state index contributed by atoms with van der Waals surface area (Å²) in [7, 11) is 0. The summed E-state index contributed by atoms with van der Waals surface area (Å²) in [5, 5.41) is 6.04. The van der Waals surface area contributed by atoms with Crippen LogP contribution in [0, 0.1) is 0 Å². The maximum Gasteiger partial charge on any atom is 0.242 e. The molecule has 2 heterocycles. The summed E-state index contributed by atoms with van der Waals surface area (Å²) < 4.78 is 0. The molecule has 0 radical (unpaired) electrons. The van der Waals surface area contributed by atoms with Crippen molar-refractivity contribution in [3.8, 4) is 0 Å². The third kappa shape index (κ3) is 2.60. The molecular weight excluding hydrogens is 218 g/mol. The van der Waals surface area contributed by atoms with Crippen molar-refractivity contribution < 1.29 is 9.59 Å². The Morgan fingerprint density at radius 3 is 2.88 bits per heavy atom. The van der Waals surface area contributed by atoms with Crippen LogP contribution in [0.3, 0.4) is 0 Å². The number of piperidine rings is 2. The number of rotatable bonds is 3. The topological polar surface area (TPSA) is 61.4 Å². The molecule has 0 aliphatic carbocycles. The number of hydrogen-bond donors (Lipinski definition) is 2. The van der Waals surface area contributed by atoms with Crippen LogP contribution in [0.25, 0.3) is 0 Å². The van der Waals surface area contributed by atoms with Gasteiger partial charge in [-0.25, -0.2) is 0 Å². The average Bonchev–Trinajstić information content (AvgIpc) is 2.33. The van der Waals surface area contributed by atoms with Crippen molar-refractivity contribution >= 4 is 11.8 Å². The number of nitrogens with one attached hydrogen (secondary N) is 2. The second-order valence-corrected chi connectivity index (χ2v) is 4.73. The van der Waals surface area contributed by atoms with E-state index in [0.717, 1.165) is 45.3 Å². The van der Waals surface area contributed by atoms with Gasteiger partial charge in [0.1, 0.15) is 6.04 Å². The van der Waals surface area contributed by atoms with E-state index in [1.54, 1.807) is 4.90 Å². The Hall–Kier alpha value is -1.10. The van der Waals surface area contributed by atoms with Gasteiger partial charge in [-0.1, -0.05) is 6.92 Å². The van der Waals surface area contributed by atoms with E-state index in [4.69, 9.17) is 0 Å². The smallest absolute Gasteiger partial charge is 0.242 e. The standard InChI is InChI=1S/C12H21N3O2/c1-2-13-9-5-4-8-15(12(9)17)10-6-3-7-14-11(10)16/h9-10,13H,2-8H2,1H3,(H,14,16). The number of carbonyl (C=O) groups is 2. The van der Waals surface area contributed by atoms with Crippen LogP contribution in [0.4, 0.5) is 0 Å². The Kier molecular flexibility index (Phi) is 3.99. The van der Waals surface area contributed by atoms with E-state index in [1.807, 2.05) is 6.92 Å². The monoisotopic (exact) mass is 239 g/mol. The number of likely N-dealkylation sites (tertiary alicyclic amines) is 1. The van der Waals surface area contributed by atoms with Crippen LogP contribution in [0.5, 0.6) is 0 Å². The minimum absolute atomic E-state index is 0.0155. The summed E-state index contributed by atoms with van der Waals surface area (Å²) in [6.07, 6.45) is 3.63. The van der Waals surface area contributed by atoms with Gasteiger partial charge in [-0.3, -0.25) is 9.59 Å². The van der Waals surface area contributed by atoms with Crippen LogP contribution in [0.15, 0.2) is 0 Å². The Balaban J connectivity index is 2.03. The van der Waals surface area contributed by atoms with Crippen molar-refractivity contribution in [1.29, 1.82) is 0 Å². The minimum atomic E-state index is -0.238. The quantitative estimate of drug-likeness (QED) is 0.721. The fourth-order valence-corrected chi connectivity index (χ4v) is 2.70. The van der Waals surface area contributed by atoms with Crippen molar-refractivity contribution in [2.75, 3.05) is 19.6 Å². The summed E-state index contributed by atoms with van der Waals surface area (Å²) >= 11 is 0. The first kappa shape index (κ1) is 12.4. The predicted molar refractivity (Wildman–Crippen MR) is 64.4 cm³/mol. The summed E-state index contributed by atoms with van der Waals surface area (Å²) in [5.41, 5.74) is 0. The molecule has 5 heteroatoms. The molecule has 0 aromatic rings. The number of nitrogens with zero attached hydrogens (tertiary/aromatic N) is 1. The largest absolute Gasteiger partial charge is 0.354 e. The normalized spacial score (nSPS) is 30.3. The molecule has 0 bridgehead atoms. The van der Waals surface area contributed by atoms with E-state index in [2.05, 4.69) is 10.6 Å². The fraction of sp³-hybridized carbons (Fsp3) is 0.833. The fourth-order valence-electron chi connectivity index (χ4n) is 2.70. The van der Waals surface area contributed by atoms with Crippen molar-refractivity contribution in [2.24, 2.45) is 0 Å². The lowest BCUT2D eigenvalue weighted by molar-refractivity contribution is -0.145. The summed E-state index contributed by atoms with van der Waals surface area (Å²) in [5.74, 6) is 0.113. The molecule has 17 heavy (non-hydrogen) atoms. The summed E-state index contributed by atoms with van der Waals surface area (Å²) in [4.78, 5) is 25.8. The van der Waals surface area contributed by atoms with Crippen molar-refractivity contribution in [2.45, 2.75) is 44.7 Å². The molecule has 2 rings (SSSR count). The van der Waals surface area contributed by atoms with Gasteiger partial charge in [0.25, 0.3) is 0 Å². The number of carbonyl (C=O) groups excluding carboxylic acids is 2. The van der Waals surface area contributed by atoms with Crippen LogP contribution in [0.2, 0.25) is 0 Å². The Morgan fingerprint density at radius 2 is 2.18 bits per heavy atom. The van der Waals surface area contributed by atoms with Crippen molar-refractivity contribution in [1.82, 2.24) is 15.5 Å². The lowest BCUT2D eigenvalue weighted by Gasteiger charge is -2.39. The highest BCUT2D eigenvalue weighted by Crippen LogP contribution is 2.19. The minimum Gasteiger partial charge on any atom is -0.354 e. The van der Waals surface area contributed by atoms with Gasteiger partial charge >= 0.3 is 0 Å². The molecule has 2 atom stereocenters. The van der Waals surface area contributed by atoms with E-state index in [-0.39, 0.29) is 23.9 Å². The molecule has 2 N–H and O–H groups in total. The van der Waals surface area contributed by atoms with Crippen molar-refractivity contribution in [3.05, 3.63) is 0 Å². The molecule has 0 spiro atoms. The second-order valence-electron chi connectivity index (χ2n) is 4.73. The second kappa shape index (κ2) is 5.49. The highest BCUT2D eigenvalue weighted by molar-refractivity contribution is 5.90. The highest BCUT2D eigenvalue weighted by Gasteiger charge is 2.36. The van der Waals surface area contributed by atoms with Gasteiger partial charge < -0.3 is 15.5 Å². The van der Waals surface area contributed by atoms with Gasteiger partial charge in [0.15, 0.2) is 0 Å². The lowest BCUT2D eigenvalue weighted by atomic mass is 9.98. The molecule has 2 amide bonds. The maximum absolute atomic E-state index is 12.2. The number of hydrogen-bond acceptors (Lipinski definition) is 3. The zero-order chi connectivity index (χ0) is 12.3. The van der Waals surface area contributed by atoms with Gasteiger partial charge in [0, 0.05) is 13.1 Å². The van der Waals surface area contributed by atoms with E-state index in [9.17, 15) is 9.59 Å². The highest BCUT2D eigenvalue weighted by atomic mass is 16.2. The maximum atomic E-state index is 12.2. The lowest BCUT2D eigenvalue weighted by Crippen LogP contribution is -2.59. The van der Waals surface area contributed by atoms with Gasteiger partial charge in [-0.2, -0.15) is 0 Å². The first-order chi connectivity index (χ1) is 8.24. The molecule has 5 nitrogen and oxygen atoms in total. The third-order valence-electron chi connectivity index (χ3n) is 3.56. The number of amides is 2. The molecule has 2 saturated heterocycles. The molecule has 2 aliphatic heterocycles. The van der Waals surface area contributed by atoms with Crippen molar-refractivity contribution in [3.63, 3.8) is 0 Å². The molecular formula is C12H21N3O2. The first-order valence-corrected chi connectivity index (χ1v) is 6.55. The van der Waals surface area contributed by atoms with Crippen LogP contribution in [0.1, 0.15) is 32.6 Å². The molecule has 2 fully saturated rings. The SMILES string of the molecule is CCNC1CCCN(C2CCCNC2=O)C1=O. The zero-order valence-corrected chi connectivity index (χ0v) is 10.4. The Bertz CT molecular complexity index is 304. The number of likely N-dealkylation sites (N-methyl/N-ethyl adjacent to an activating group) is 1. The average molecular weight is 239 g/mol. The molecule has 0 aromatic carbocycles. The summed E-state index contributed by atoms with van der Waals surface area (Å²) in [6.45, 7) is 4.26. The van der Waals surface area contributed by atoms with Gasteiger partial charge in [0.2, 0.25) is 11.8 Å². The Morgan fingerprint density at radius 1 is 1.35 bits per heavy atom. The van der Waals surface area contributed by atoms with E-state index >= 15 is 0 Å². The van der Waals surface area contributed by atoms with E-state index < -0.39 is 0 Å². The first-order valence-electron chi connectivity index (χ1n) is 6.55. The van der Waals surface area contributed by atoms with Crippen LogP contribution >= 0.6 is 0 Å². The predicted octanol–water partition coefficient (Wildman–Crippen LogP) is -0.134. The zero-order valence-electron chi connectivity index (χ0n) is 10.4.